The number of nitrogens with one attached hydrogen (secondary N) is 1. The third-order valence-corrected chi connectivity index (χ3v) is 5.04. The molecule has 0 atom stereocenters. The summed E-state index contributed by atoms with van der Waals surface area (Å²) in [6.45, 7) is 0. The molecule has 1 aliphatic rings. The van der Waals surface area contributed by atoms with Crippen molar-refractivity contribution < 1.29 is 14.3 Å². The van der Waals surface area contributed by atoms with Crippen LogP contribution >= 0.6 is 15.9 Å². The minimum absolute atomic E-state index is 0.0807. The van der Waals surface area contributed by atoms with Crippen LogP contribution in [0.5, 0.6) is 11.5 Å². The van der Waals surface area contributed by atoms with Gasteiger partial charge in [-0.2, -0.15) is 5.26 Å². The monoisotopic (exact) mass is 406 g/mol. The molecule has 0 spiro atoms. The Labute approximate surface area is 157 Å². The van der Waals surface area contributed by atoms with E-state index in [4.69, 9.17) is 9.47 Å². The SMILES string of the molecule is COc1cc(Br)c(C=C(C#N)C(=O)NC2CCCCCC2)cc1OC. The topological polar surface area (TPSA) is 71.3 Å². The maximum atomic E-state index is 12.5. The average Bonchev–Trinajstić information content (AvgIpc) is 2.88. The number of methoxy groups -OCH3 is 2. The number of hydrogen-bond acceptors (Lipinski definition) is 4. The number of hydrogen-bond donors (Lipinski definition) is 1. The van der Waals surface area contributed by atoms with Crippen molar-refractivity contribution >= 4 is 27.9 Å². The molecule has 0 bridgehead atoms. The molecule has 5 nitrogen and oxygen atoms in total. The lowest BCUT2D eigenvalue weighted by Gasteiger charge is -2.16. The molecule has 1 fully saturated rings. The zero-order valence-corrected chi connectivity index (χ0v) is 16.2. The van der Waals surface area contributed by atoms with E-state index in [1.165, 1.54) is 12.8 Å². The van der Waals surface area contributed by atoms with Gasteiger partial charge in [0.2, 0.25) is 0 Å². The Balaban J connectivity index is 2.21. The van der Waals surface area contributed by atoms with E-state index in [2.05, 4.69) is 21.2 Å². The molecule has 1 aromatic carbocycles. The summed E-state index contributed by atoms with van der Waals surface area (Å²) < 4.78 is 11.2. The number of carbonyl (C=O) groups is 1. The molecule has 0 aromatic heterocycles. The molecule has 0 heterocycles. The van der Waals surface area contributed by atoms with Gasteiger partial charge in [-0.05, 0) is 36.6 Å². The van der Waals surface area contributed by atoms with Gasteiger partial charge in [0.05, 0.1) is 14.2 Å². The fraction of sp³-hybridized carbons (Fsp3) is 0.474. The quantitative estimate of drug-likeness (QED) is 0.451. The highest BCUT2D eigenvalue weighted by Crippen LogP contribution is 2.34. The summed E-state index contributed by atoms with van der Waals surface area (Å²) in [6, 6.07) is 5.65. The first kappa shape index (κ1) is 19.3. The van der Waals surface area contributed by atoms with E-state index in [-0.39, 0.29) is 17.5 Å². The molecule has 134 valence electrons. The van der Waals surface area contributed by atoms with Crippen molar-refractivity contribution in [3.63, 3.8) is 0 Å². The summed E-state index contributed by atoms with van der Waals surface area (Å²) in [6.07, 6.45) is 8.19. The van der Waals surface area contributed by atoms with E-state index in [1.54, 1.807) is 32.4 Å². The number of amides is 1. The van der Waals surface area contributed by atoms with E-state index in [0.29, 0.717) is 17.1 Å². The first-order valence-electron chi connectivity index (χ1n) is 8.43. The summed E-state index contributed by atoms with van der Waals surface area (Å²) in [4.78, 5) is 12.5. The second-order valence-electron chi connectivity index (χ2n) is 6.06. The van der Waals surface area contributed by atoms with Crippen LogP contribution in [0.25, 0.3) is 6.08 Å². The van der Waals surface area contributed by atoms with Gasteiger partial charge >= 0.3 is 0 Å². The van der Waals surface area contributed by atoms with Gasteiger partial charge in [0.15, 0.2) is 11.5 Å². The number of nitrogens with zero attached hydrogens (tertiary/aromatic N) is 1. The summed E-state index contributed by atoms with van der Waals surface area (Å²) in [5, 5.41) is 12.4. The van der Waals surface area contributed by atoms with Crippen LogP contribution in [0.1, 0.15) is 44.1 Å². The molecule has 1 amide bonds. The minimum atomic E-state index is -0.323. The van der Waals surface area contributed by atoms with Gasteiger partial charge < -0.3 is 14.8 Å². The van der Waals surface area contributed by atoms with Crippen molar-refractivity contribution in [2.24, 2.45) is 0 Å². The molecular weight excluding hydrogens is 384 g/mol. The lowest BCUT2D eigenvalue weighted by molar-refractivity contribution is -0.117. The number of ether oxygens (including phenoxy) is 2. The largest absolute Gasteiger partial charge is 0.493 e. The molecule has 1 aromatic rings. The normalized spacial score (nSPS) is 15.8. The van der Waals surface area contributed by atoms with Crippen LogP contribution in [0.2, 0.25) is 0 Å². The van der Waals surface area contributed by atoms with Gasteiger partial charge in [0, 0.05) is 10.5 Å². The highest BCUT2D eigenvalue weighted by atomic mass is 79.9. The van der Waals surface area contributed by atoms with E-state index in [0.717, 1.165) is 30.2 Å². The molecule has 0 unspecified atom stereocenters. The Kier molecular flexibility index (Phi) is 7.32. The Morgan fingerprint density at radius 2 is 1.80 bits per heavy atom. The van der Waals surface area contributed by atoms with Crippen LogP contribution < -0.4 is 14.8 Å². The maximum absolute atomic E-state index is 12.5. The first-order valence-corrected chi connectivity index (χ1v) is 9.22. The fourth-order valence-corrected chi connectivity index (χ4v) is 3.41. The third-order valence-electron chi connectivity index (χ3n) is 4.36. The van der Waals surface area contributed by atoms with Crippen LogP contribution in [-0.2, 0) is 4.79 Å². The number of halogens is 1. The van der Waals surface area contributed by atoms with Gasteiger partial charge in [0.25, 0.3) is 5.91 Å². The summed E-state index contributed by atoms with van der Waals surface area (Å²) in [5.74, 6) is 0.794. The molecule has 1 N–H and O–H groups in total. The van der Waals surface area contributed by atoms with E-state index >= 15 is 0 Å². The van der Waals surface area contributed by atoms with Gasteiger partial charge in [-0.3, -0.25) is 4.79 Å². The highest BCUT2D eigenvalue weighted by Gasteiger charge is 2.18. The zero-order chi connectivity index (χ0) is 18.2. The smallest absolute Gasteiger partial charge is 0.262 e. The van der Waals surface area contributed by atoms with Crippen molar-refractivity contribution in [3.8, 4) is 17.6 Å². The van der Waals surface area contributed by atoms with Gasteiger partial charge in [-0.25, -0.2) is 0 Å². The molecule has 25 heavy (non-hydrogen) atoms. The number of nitriles is 1. The zero-order valence-electron chi connectivity index (χ0n) is 14.6. The lowest BCUT2D eigenvalue weighted by atomic mass is 10.1. The van der Waals surface area contributed by atoms with E-state index in [9.17, 15) is 10.1 Å². The van der Waals surface area contributed by atoms with Crippen molar-refractivity contribution in [1.82, 2.24) is 5.32 Å². The lowest BCUT2D eigenvalue weighted by Crippen LogP contribution is -2.35. The second-order valence-corrected chi connectivity index (χ2v) is 6.91. The van der Waals surface area contributed by atoms with Crippen molar-refractivity contribution in [2.45, 2.75) is 44.6 Å². The van der Waals surface area contributed by atoms with Crippen molar-refractivity contribution in [3.05, 3.63) is 27.7 Å². The highest BCUT2D eigenvalue weighted by molar-refractivity contribution is 9.10. The van der Waals surface area contributed by atoms with Crippen LogP contribution in [-0.4, -0.2) is 26.2 Å². The molecule has 2 rings (SSSR count). The number of benzene rings is 1. The predicted molar refractivity (Wildman–Crippen MR) is 100 cm³/mol. The Bertz CT molecular complexity index is 687. The maximum Gasteiger partial charge on any atom is 0.262 e. The van der Waals surface area contributed by atoms with E-state index in [1.807, 2.05) is 6.07 Å². The molecular formula is C19H23BrN2O3. The summed E-state index contributed by atoms with van der Waals surface area (Å²) in [5.41, 5.74) is 0.766. The van der Waals surface area contributed by atoms with Crippen LogP contribution in [0.15, 0.2) is 22.2 Å². The van der Waals surface area contributed by atoms with Crippen LogP contribution in [0, 0.1) is 11.3 Å². The number of carbonyl (C=O) groups excluding carboxylic acids is 1. The first-order chi connectivity index (χ1) is 12.1. The second kappa shape index (κ2) is 9.47. The van der Waals surface area contributed by atoms with Crippen molar-refractivity contribution in [1.29, 1.82) is 5.26 Å². The molecule has 1 aliphatic carbocycles. The summed E-state index contributed by atoms with van der Waals surface area (Å²) in [7, 11) is 3.10. The molecule has 0 radical (unpaired) electrons. The Hall–Kier alpha value is -2.00. The average molecular weight is 407 g/mol. The van der Waals surface area contributed by atoms with Crippen LogP contribution in [0.4, 0.5) is 0 Å². The summed E-state index contributed by atoms with van der Waals surface area (Å²) >= 11 is 3.45. The third kappa shape index (κ3) is 5.23. The van der Waals surface area contributed by atoms with Gasteiger partial charge in [0.1, 0.15) is 11.6 Å². The number of rotatable bonds is 5. The molecule has 0 aliphatic heterocycles. The van der Waals surface area contributed by atoms with E-state index < -0.39 is 0 Å². The Morgan fingerprint density at radius 3 is 2.36 bits per heavy atom. The predicted octanol–water partition coefficient (Wildman–Crippen LogP) is 4.21. The van der Waals surface area contributed by atoms with Gasteiger partial charge in [-0.1, -0.05) is 41.6 Å². The van der Waals surface area contributed by atoms with Gasteiger partial charge in [-0.15, -0.1) is 0 Å². The fourth-order valence-electron chi connectivity index (χ4n) is 2.97. The molecule has 1 saturated carbocycles. The molecule has 6 heteroatoms. The Morgan fingerprint density at radius 1 is 1.20 bits per heavy atom. The minimum Gasteiger partial charge on any atom is -0.493 e. The molecule has 0 saturated heterocycles. The van der Waals surface area contributed by atoms with Crippen LogP contribution in [0.3, 0.4) is 0 Å². The standard InChI is InChI=1S/C19H23BrN2O3/c1-24-17-10-13(16(20)11-18(17)25-2)9-14(12-21)19(23)22-15-7-5-3-4-6-8-15/h9-11,15H,3-8H2,1-2H3,(H,22,23). The van der Waals surface area contributed by atoms with Crippen molar-refractivity contribution in [2.75, 3.05) is 14.2 Å².